The summed E-state index contributed by atoms with van der Waals surface area (Å²) < 4.78 is 91.6. The van der Waals surface area contributed by atoms with Crippen LogP contribution in [0.2, 0.25) is 0 Å². The molecular formula is C13H11F7O3. The lowest BCUT2D eigenvalue weighted by molar-refractivity contribution is -0.346. The number of carbonyl (C=O) groups is 1. The van der Waals surface area contributed by atoms with Gasteiger partial charge in [-0.1, -0.05) is 30.3 Å². The lowest BCUT2D eigenvalue weighted by atomic mass is 9.96. The van der Waals surface area contributed by atoms with Crippen molar-refractivity contribution in [3.05, 3.63) is 35.9 Å². The maximum Gasteiger partial charge on any atom is 0.431 e. The van der Waals surface area contributed by atoms with Gasteiger partial charge in [-0.3, -0.25) is 0 Å². The number of hydrogen-bond donors (Lipinski definition) is 1. The van der Waals surface area contributed by atoms with Crippen molar-refractivity contribution in [1.82, 2.24) is 0 Å². The summed E-state index contributed by atoms with van der Waals surface area (Å²) in [5.74, 6) is -1.79. The maximum absolute atomic E-state index is 13.4. The normalized spacial score (nSPS) is 14.4. The number of carbonyl (C=O) groups excluding carboxylic acids is 1. The molecule has 1 unspecified atom stereocenters. The smallest absolute Gasteiger partial charge is 0.431 e. The zero-order valence-electron chi connectivity index (χ0n) is 11.3. The predicted octanol–water partition coefficient (Wildman–Crippen LogP) is 3.31. The summed E-state index contributed by atoms with van der Waals surface area (Å²) in [5, 5.41) is 9.14. The zero-order chi connectivity index (χ0) is 17.9. The molecule has 0 saturated carbocycles. The molecule has 0 aliphatic rings. The van der Waals surface area contributed by atoms with Crippen molar-refractivity contribution in [3.8, 4) is 0 Å². The molecule has 0 heterocycles. The highest BCUT2D eigenvalue weighted by Crippen LogP contribution is 2.48. The first-order valence-electron chi connectivity index (χ1n) is 6.09. The molecule has 1 aromatic carbocycles. The lowest BCUT2D eigenvalue weighted by Crippen LogP contribution is -2.55. The fourth-order valence-electron chi connectivity index (χ4n) is 1.57. The highest BCUT2D eigenvalue weighted by atomic mass is 19.4. The topological polar surface area (TPSA) is 46.5 Å². The number of alkyl halides is 7. The van der Waals surface area contributed by atoms with Gasteiger partial charge in [-0.25, -0.2) is 9.18 Å². The molecule has 1 aromatic rings. The van der Waals surface area contributed by atoms with Gasteiger partial charge in [0.2, 0.25) is 0 Å². The summed E-state index contributed by atoms with van der Waals surface area (Å²) in [6.07, 6.45) is -18.1. The largest absolute Gasteiger partial charge is 0.459 e. The average Bonchev–Trinajstić information content (AvgIpc) is 2.43. The van der Waals surface area contributed by atoms with Crippen molar-refractivity contribution >= 4 is 5.97 Å². The monoisotopic (exact) mass is 348 g/mol. The molecule has 0 aromatic heterocycles. The van der Waals surface area contributed by atoms with E-state index in [4.69, 9.17) is 5.11 Å². The second-order valence-electron chi connectivity index (χ2n) is 4.61. The highest BCUT2D eigenvalue weighted by molar-refractivity contribution is 5.74. The molecule has 10 heteroatoms. The van der Waals surface area contributed by atoms with E-state index < -0.39 is 43.1 Å². The number of hydrogen-bond acceptors (Lipinski definition) is 3. The number of benzene rings is 1. The van der Waals surface area contributed by atoms with Crippen molar-refractivity contribution in [3.63, 3.8) is 0 Å². The third-order valence-electron chi connectivity index (χ3n) is 2.87. The van der Waals surface area contributed by atoms with Gasteiger partial charge in [-0.15, -0.1) is 0 Å². The summed E-state index contributed by atoms with van der Waals surface area (Å²) in [7, 11) is 0. The van der Waals surface area contributed by atoms with Crippen molar-refractivity contribution < 1.29 is 45.4 Å². The fraction of sp³-hybridized carbons (Fsp3) is 0.462. The Bertz CT molecular complexity index is 511. The molecule has 0 spiro atoms. The number of ether oxygens (including phenoxy) is 1. The molecule has 0 radical (unpaired) electrons. The molecule has 0 fully saturated rings. The van der Waals surface area contributed by atoms with Gasteiger partial charge in [0.1, 0.15) is 6.61 Å². The van der Waals surface area contributed by atoms with E-state index in [1.807, 2.05) is 0 Å². The molecule has 130 valence electrons. The molecule has 1 N–H and O–H groups in total. The average molecular weight is 348 g/mol. The molecule has 0 amide bonds. The van der Waals surface area contributed by atoms with Crippen LogP contribution in [-0.4, -0.2) is 35.2 Å². The first-order valence-corrected chi connectivity index (χ1v) is 6.09. The van der Waals surface area contributed by atoms with Gasteiger partial charge in [0.25, 0.3) is 0 Å². The van der Waals surface area contributed by atoms with E-state index in [-0.39, 0.29) is 0 Å². The quantitative estimate of drug-likeness (QED) is 0.656. The molecule has 0 bridgehead atoms. The Labute approximate surface area is 125 Å². The van der Waals surface area contributed by atoms with Crippen LogP contribution in [0.3, 0.4) is 0 Å². The minimum absolute atomic E-state index is 0.381. The lowest BCUT2D eigenvalue weighted by Gasteiger charge is -2.30. The van der Waals surface area contributed by atoms with E-state index in [1.165, 1.54) is 12.1 Å². The summed E-state index contributed by atoms with van der Waals surface area (Å²) in [4.78, 5) is 11.3. The van der Waals surface area contributed by atoms with Crippen LogP contribution in [0.5, 0.6) is 0 Å². The number of aliphatic hydroxyl groups excluding tert-OH is 1. The van der Waals surface area contributed by atoms with E-state index in [0.717, 1.165) is 0 Å². The SMILES string of the molecule is O=C(OCc1ccccc1)C(O)CC(F)(C(F)(F)F)C(F)(F)F. The Balaban J connectivity index is 2.75. The summed E-state index contributed by atoms with van der Waals surface area (Å²) in [6, 6.07) is 7.62. The second kappa shape index (κ2) is 6.73. The minimum atomic E-state index is -6.34. The minimum Gasteiger partial charge on any atom is -0.459 e. The number of rotatable bonds is 5. The molecule has 1 rings (SSSR count). The zero-order valence-corrected chi connectivity index (χ0v) is 11.3. The van der Waals surface area contributed by atoms with Crippen LogP contribution in [0.1, 0.15) is 12.0 Å². The molecule has 0 aliphatic heterocycles. The van der Waals surface area contributed by atoms with Crippen LogP contribution in [-0.2, 0) is 16.1 Å². The van der Waals surface area contributed by atoms with Crippen LogP contribution in [0, 0.1) is 0 Å². The van der Waals surface area contributed by atoms with E-state index in [9.17, 15) is 35.5 Å². The van der Waals surface area contributed by atoms with Gasteiger partial charge in [0.05, 0.1) is 0 Å². The third-order valence-corrected chi connectivity index (χ3v) is 2.87. The van der Waals surface area contributed by atoms with Crippen molar-refractivity contribution in [2.24, 2.45) is 0 Å². The van der Waals surface area contributed by atoms with Gasteiger partial charge in [0.15, 0.2) is 6.10 Å². The van der Waals surface area contributed by atoms with Crippen LogP contribution >= 0.6 is 0 Å². The van der Waals surface area contributed by atoms with E-state index in [1.54, 1.807) is 18.2 Å². The van der Waals surface area contributed by atoms with Crippen molar-refractivity contribution in [2.75, 3.05) is 0 Å². The molecule has 3 nitrogen and oxygen atoms in total. The molecule has 1 atom stereocenters. The summed E-state index contributed by atoms with van der Waals surface area (Å²) in [6.45, 7) is -0.492. The second-order valence-corrected chi connectivity index (χ2v) is 4.61. The Morgan fingerprint density at radius 2 is 1.48 bits per heavy atom. The number of aliphatic hydroxyl groups is 1. The molecular weight excluding hydrogens is 337 g/mol. The predicted molar refractivity (Wildman–Crippen MR) is 62.8 cm³/mol. The number of esters is 1. The van der Waals surface area contributed by atoms with Crippen LogP contribution < -0.4 is 0 Å². The summed E-state index contributed by atoms with van der Waals surface area (Å²) in [5.41, 5.74) is -5.34. The van der Waals surface area contributed by atoms with Crippen LogP contribution in [0.4, 0.5) is 30.7 Å². The van der Waals surface area contributed by atoms with Gasteiger partial charge in [-0.2, -0.15) is 26.3 Å². The van der Waals surface area contributed by atoms with Gasteiger partial charge in [-0.05, 0) is 5.56 Å². The molecule has 0 saturated heterocycles. The summed E-state index contributed by atoms with van der Waals surface area (Å²) >= 11 is 0. The van der Waals surface area contributed by atoms with Crippen molar-refractivity contribution in [1.29, 1.82) is 0 Å². The van der Waals surface area contributed by atoms with Gasteiger partial charge in [0, 0.05) is 6.42 Å². The third kappa shape index (κ3) is 4.57. The van der Waals surface area contributed by atoms with Gasteiger partial charge >= 0.3 is 24.0 Å². The standard InChI is InChI=1S/C13H11F7O3/c14-11(12(15,16)17,13(18,19)20)6-9(21)10(22)23-7-8-4-2-1-3-5-8/h1-5,9,21H,6-7H2. The molecule has 0 aliphatic carbocycles. The first kappa shape index (κ1) is 19.2. The van der Waals surface area contributed by atoms with Crippen LogP contribution in [0.15, 0.2) is 30.3 Å². The van der Waals surface area contributed by atoms with E-state index >= 15 is 0 Å². The van der Waals surface area contributed by atoms with E-state index in [0.29, 0.717) is 5.56 Å². The Hall–Kier alpha value is -1.84. The Kier molecular flexibility index (Phi) is 5.62. The van der Waals surface area contributed by atoms with E-state index in [2.05, 4.69) is 4.74 Å². The first-order chi connectivity index (χ1) is 10.4. The Morgan fingerprint density at radius 1 is 1.00 bits per heavy atom. The van der Waals surface area contributed by atoms with Crippen molar-refractivity contribution in [2.45, 2.75) is 37.2 Å². The van der Waals surface area contributed by atoms with Gasteiger partial charge < -0.3 is 9.84 Å². The maximum atomic E-state index is 13.4. The number of halogens is 7. The Morgan fingerprint density at radius 3 is 1.91 bits per heavy atom. The van der Waals surface area contributed by atoms with Crippen LogP contribution in [0.25, 0.3) is 0 Å². The fourth-order valence-corrected chi connectivity index (χ4v) is 1.57. The highest BCUT2D eigenvalue weighted by Gasteiger charge is 2.73. The molecule has 23 heavy (non-hydrogen) atoms.